The summed E-state index contributed by atoms with van der Waals surface area (Å²) in [5.74, 6) is 1.18. The van der Waals surface area contributed by atoms with Crippen LogP contribution < -0.4 is 10.6 Å². The van der Waals surface area contributed by atoms with E-state index < -0.39 is 0 Å². The fourth-order valence-corrected chi connectivity index (χ4v) is 4.48. The highest BCUT2D eigenvalue weighted by Crippen LogP contribution is 2.25. The maximum Gasteiger partial charge on any atom is 0.251 e. The van der Waals surface area contributed by atoms with Crippen molar-refractivity contribution in [2.24, 2.45) is 0 Å². The van der Waals surface area contributed by atoms with E-state index in [1.165, 1.54) is 24.8 Å². The van der Waals surface area contributed by atoms with E-state index >= 15 is 0 Å². The second-order valence-electron chi connectivity index (χ2n) is 9.04. The maximum absolute atomic E-state index is 12.6. The van der Waals surface area contributed by atoms with Gasteiger partial charge in [0.15, 0.2) is 11.6 Å². The first-order chi connectivity index (χ1) is 17.1. The Kier molecular flexibility index (Phi) is 6.57. The van der Waals surface area contributed by atoms with E-state index in [1.807, 2.05) is 68.4 Å². The summed E-state index contributed by atoms with van der Waals surface area (Å²) in [6, 6.07) is 17.2. The number of para-hydroxylation sites is 2. The predicted molar refractivity (Wildman–Crippen MR) is 139 cm³/mol. The van der Waals surface area contributed by atoms with Crippen molar-refractivity contribution in [3.05, 3.63) is 83.2 Å². The van der Waals surface area contributed by atoms with Gasteiger partial charge in [0.25, 0.3) is 5.91 Å². The van der Waals surface area contributed by atoms with E-state index in [-0.39, 0.29) is 5.91 Å². The number of rotatable bonds is 7. The molecule has 0 radical (unpaired) electrons. The summed E-state index contributed by atoms with van der Waals surface area (Å²) in [4.78, 5) is 22.3. The Hall–Kier alpha value is -4.00. The molecule has 1 aliphatic rings. The average molecular weight is 467 g/mol. The molecule has 2 aromatic carbocycles. The third-order valence-corrected chi connectivity index (χ3v) is 6.29. The van der Waals surface area contributed by atoms with Crippen LogP contribution in [0.1, 0.15) is 53.8 Å². The minimum atomic E-state index is -0.0539. The Labute approximate surface area is 205 Å². The monoisotopic (exact) mass is 466 g/mol. The molecule has 0 spiro atoms. The van der Waals surface area contributed by atoms with Gasteiger partial charge < -0.3 is 10.6 Å². The van der Waals surface area contributed by atoms with Crippen LogP contribution in [0.5, 0.6) is 0 Å². The number of aromatic nitrogens is 4. The third-order valence-electron chi connectivity index (χ3n) is 6.29. The Bertz CT molecular complexity index is 1390. The van der Waals surface area contributed by atoms with Gasteiger partial charge in [-0.05, 0) is 88.4 Å². The van der Waals surface area contributed by atoms with Crippen molar-refractivity contribution in [3.63, 3.8) is 0 Å². The smallest absolute Gasteiger partial charge is 0.251 e. The Morgan fingerprint density at radius 2 is 1.77 bits per heavy atom. The van der Waals surface area contributed by atoms with Crippen LogP contribution in [0.2, 0.25) is 0 Å². The summed E-state index contributed by atoms with van der Waals surface area (Å²) in [5, 5.41) is 11.0. The Balaban J connectivity index is 1.33. The zero-order valence-corrected chi connectivity index (χ0v) is 20.2. The third kappa shape index (κ3) is 5.24. The van der Waals surface area contributed by atoms with Gasteiger partial charge in [-0.15, -0.1) is 0 Å². The first-order valence-electron chi connectivity index (χ1n) is 12.2. The summed E-state index contributed by atoms with van der Waals surface area (Å²) >= 11 is 0. The number of carbonyl (C=O) groups excluding carboxylic acids is 1. The molecule has 0 atom stereocenters. The van der Waals surface area contributed by atoms with Crippen molar-refractivity contribution >= 4 is 28.4 Å². The molecule has 35 heavy (non-hydrogen) atoms. The minimum absolute atomic E-state index is 0.0539. The summed E-state index contributed by atoms with van der Waals surface area (Å²) < 4.78 is 1.81. The van der Waals surface area contributed by atoms with Gasteiger partial charge in [0.05, 0.1) is 16.7 Å². The summed E-state index contributed by atoms with van der Waals surface area (Å²) in [5.41, 5.74) is 6.41. The molecular weight excluding hydrogens is 436 g/mol. The van der Waals surface area contributed by atoms with Gasteiger partial charge in [-0.2, -0.15) is 5.10 Å². The number of nitrogens with zero attached hydrogens (tertiary/aromatic N) is 4. The van der Waals surface area contributed by atoms with Crippen LogP contribution in [0.15, 0.2) is 66.2 Å². The predicted octanol–water partition coefficient (Wildman–Crippen LogP) is 5.80. The van der Waals surface area contributed by atoms with Gasteiger partial charge >= 0.3 is 0 Å². The summed E-state index contributed by atoms with van der Waals surface area (Å²) in [7, 11) is 0. The number of hydrogen-bond acceptors (Lipinski definition) is 5. The maximum atomic E-state index is 12.6. The molecule has 5 rings (SSSR count). The first-order valence-corrected chi connectivity index (χ1v) is 12.2. The molecule has 1 amide bonds. The quantitative estimate of drug-likeness (QED) is 0.337. The number of aryl methyl sites for hydroxylation is 2. The van der Waals surface area contributed by atoms with Crippen molar-refractivity contribution in [2.75, 3.05) is 11.9 Å². The molecule has 1 aliphatic carbocycles. The number of hydrogen-bond donors (Lipinski definition) is 2. The van der Waals surface area contributed by atoms with E-state index in [0.717, 1.165) is 41.0 Å². The fourth-order valence-electron chi connectivity index (χ4n) is 4.48. The largest absolute Gasteiger partial charge is 0.352 e. The lowest BCUT2D eigenvalue weighted by Gasteiger charge is -2.14. The molecule has 0 saturated carbocycles. The fraction of sp³-hybridized carbons (Fsp3) is 0.286. The molecule has 178 valence electrons. The SMILES string of the molecule is Cc1cc(C)n(-c2nc3ccccc3nc2Nc2ccc(C(=O)NCCC3=CCCCC3)cc2)n1. The molecule has 0 bridgehead atoms. The highest BCUT2D eigenvalue weighted by atomic mass is 16.1. The van der Waals surface area contributed by atoms with Crippen LogP contribution in [0, 0.1) is 13.8 Å². The van der Waals surface area contributed by atoms with E-state index in [0.29, 0.717) is 23.7 Å². The highest BCUT2D eigenvalue weighted by Gasteiger charge is 2.15. The van der Waals surface area contributed by atoms with Gasteiger partial charge in [0.2, 0.25) is 0 Å². The van der Waals surface area contributed by atoms with Gasteiger partial charge in [0.1, 0.15) is 0 Å². The standard InChI is InChI=1S/C28H30N6O/c1-19-18-20(2)34(33-19)27-26(31-24-10-6-7-11-25(24)32-27)30-23-14-12-22(13-15-23)28(35)29-17-16-21-8-4-3-5-9-21/h6-8,10-15,18H,3-5,9,16-17H2,1-2H3,(H,29,35)(H,30,31). The highest BCUT2D eigenvalue weighted by molar-refractivity contribution is 5.94. The molecule has 0 unspecified atom stereocenters. The second kappa shape index (κ2) is 10.1. The van der Waals surface area contributed by atoms with Crippen molar-refractivity contribution in [1.82, 2.24) is 25.1 Å². The normalized spacial score (nSPS) is 13.5. The van der Waals surface area contributed by atoms with Gasteiger partial charge in [-0.3, -0.25) is 4.79 Å². The van der Waals surface area contributed by atoms with Crippen LogP contribution in [0.25, 0.3) is 16.9 Å². The molecular formula is C28H30N6O. The number of carbonyl (C=O) groups is 1. The minimum Gasteiger partial charge on any atom is -0.352 e. The lowest BCUT2D eigenvalue weighted by Crippen LogP contribution is -2.24. The van der Waals surface area contributed by atoms with Crippen molar-refractivity contribution < 1.29 is 4.79 Å². The zero-order valence-electron chi connectivity index (χ0n) is 20.2. The topological polar surface area (TPSA) is 84.7 Å². The number of nitrogens with one attached hydrogen (secondary N) is 2. The molecule has 4 aromatic rings. The van der Waals surface area contributed by atoms with Gasteiger partial charge in [-0.25, -0.2) is 14.6 Å². The average Bonchev–Trinajstić information content (AvgIpc) is 3.22. The first kappa shape index (κ1) is 22.8. The second-order valence-corrected chi connectivity index (χ2v) is 9.04. The lowest BCUT2D eigenvalue weighted by molar-refractivity contribution is 0.0954. The Morgan fingerprint density at radius 1 is 1.00 bits per heavy atom. The molecule has 7 heteroatoms. The molecule has 2 aromatic heterocycles. The number of fused-ring (bicyclic) bond motifs is 1. The van der Waals surface area contributed by atoms with Crippen LogP contribution in [0.3, 0.4) is 0 Å². The number of benzene rings is 2. The van der Waals surface area contributed by atoms with Gasteiger partial charge in [0, 0.05) is 23.5 Å². The van der Waals surface area contributed by atoms with Crippen LogP contribution in [-0.2, 0) is 0 Å². The van der Waals surface area contributed by atoms with E-state index in [2.05, 4.69) is 21.8 Å². The molecule has 0 aliphatic heterocycles. The van der Waals surface area contributed by atoms with Crippen molar-refractivity contribution in [2.45, 2.75) is 46.0 Å². The molecule has 7 nitrogen and oxygen atoms in total. The van der Waals surface area contributed by atoms with Crippen LogP contribution >= 0.6 is 0 Å². The molecule has 2 N–H and O–H groups in total. The lowest BCUT2D eigenvalue weighted by atomic mass is 9.97. The number of anilines is 2. The van der Waals surface area contributed by atoms with Crippen molar-refractivity contribution in [1.29, 1.82) is 0 Å². The van der Waals surface area contributed by atoms with Crippen LogP contribution in [-0.4, -0.2) is 32.2 Å². The zero-order chi connectivity index (χ0) is 24.2. The van der Waals surface area contributed by atoms with Crippen LogP contribution in [0.4, 0.5) is 11.5 Å². The number of amides is 1. The van der Waals surface area contributed by atoms with E-state index in [9.17, 15) is 4.79 Å². The molecule has 2 heterocycles. The van der Waals surface area contributed by atoms with Gasteiger partial charge in [-0.1, -0.05) is 23.8 Å². The molecule has 0 saturated heterocycles. The Morgan fingerprint density at radius 3 is 2.46 bits per heavy atom. The summed E-state index contributed by atoms with van der Waals surface area (Å²) in [6.07, 6.45) is 8.13. The molecule has 0 fully saturated rings. The summed E-state index contributed by atoms with van der Waals surface area (Å²) in [6.45, 7) is 4.63. The van der Waals surface area contributed by atoms with Crippen molar-refractivity contribution in [3.8, 4) is 5.82 Å². The number of allylic oxidation sites excluding steroid dienone is 1. The van der Waals surface area contributed by atoms with E-state index in [1.54, 1.807) is 4.68 Å². The van der Waals surface area contributed by atoms with E-state index in [4.69, 9.17) is 9.97 Å².